The minimum Gasteiger partial charge on any atom is -0.389 e. The van der Waals surface area contributed by atoms with E-state index in [9.17, 15) is 4.21 Å². The number of nitrogens with one attached hydrogen (secondary N) is 1. The van der Waals surface area contributed by atoms with Gasteiger partial charge in [-0.3, -0.25) is 4.21 Å². The maximum Gasteiger partial charge on any atom is 0.104 e. The highest BCUT2D eigenvalue weighted by molar-refractivity contribution is 7.84. The van der Waals surface area contributed by atoms with Crippen LogP contribution >= 0.6 is 12.2 Å². The zero-order chi connectivity index (χ0) is 13.8. The fourth-order valence-electron chi connectivity index (χ4n) is 2.00. The van der Waals surface area contributed by atoms with Gasteiger partial charge >= 0.3 is 0 Å². The van der Waals surface area contributed by atoms with Crippen molar-refractivity contribution >= 4 is 44.5 Å². The average molecular weight is 292 g/mol. The molecule has 2 aromatic rings. The van der Waals surface area contributed by atoms with E-state index in [2.05, 4.69) is 5.32 Å². The predicted molar refractivity (Wildman–Crippen MR) is 87.3 cm³/mol. The zero-order valence-corrected chi connectivity index (χ0v) is 12.3. The molecule has 3 nitrogen and oxygen atoms in total. The highest BCUT2D eigenvalue weighted by atomic mass is 32.2. The average Bonchev–Trinajstić information content (AvgIpc) is 2.38. The predicted octanol–water partition coefficient (Wildman–Crippen LogP) is 2.26. The van der Waals surface area contributed by atoms with Crippen LogP contribution < -0.4 is 11.1 Å². The summed E-state index contributed by atoms with van der Waals surface area (Å²) in [5.74, 6) is 0.630. The number of hydrogen-bond acceptors (Lipinski definition) is 3. The Labute approximate surface area is 120 Å². The molecule has 1 atom stereocenters. The molecular formula is C14H16N2OS2. The summed E-state index contributed by atoms with van der Waals surface area (Å²) in [5.41, 5.74) is 7.64. The van der Waals surface area contributed by atoms with Gasteiger partial charge in [0.15, 0.2) is 0 Å². The van der Waals surface area contributed by atoms with Gasteiger partial charge in [0.25, 0.3) is 0 Å². The third kappa shape index (κ3) is 3.30. The van der Waals surface area contributed by atoms with Crippen molar-refractivity contribution in [1.29, 1.82) is 0 Å². The first-order valence-electron chi connectivity index (χ1n) is 5.95. The maximum absolute atomic E-state index is 11.1. The normalized spacial score (nSPS) is 12.3. The summed E-state index contributed by atoms with van der Waals surface area (Å²) in [6.07, 6.45) is 1.70. The topological polar surface area (TPSA) is 55.1 Å². The van der Waals surface area contributed by atoms with Crippen LogP contribution in [0.1, 0.15) is 5.56 Å². The smallest absolute Gasteiger partial charge is 0.104 e. The highest BCUT2D eigenvalue weighted by Crippen LogP contribution is 2.26. The first kappa shape index (κ1) is 14.0. The molecular weight excluding hydrogens is 276 g/mol. The second-order valence-corrected chi connectivity index (χ2v) is 6.27. The molecule has 0 fully saturated rings. The lowest BCUT2D eigenvalue weighted by atomic mass is 10.0. The van der Waals surface area contributed by atoms with E-state index in [1.165, 1.54) is 0 Å². The molecule has 2 aromatic carbocycles. The number of fused-ring (bicyclic) bond motifs is 1. The Morgan fingerprint density at radius 2 is 1.95 bits per heavy atom. The van der Waals surface area contributed by atoms with Crippen LogP contribution in [0.3, 0.4) is 0 Å². The van der Waals surface area contributed by atoms with E-state index < -0.39 is 10.8 Å². The van der Waals surface area contributed by atoms with E-state index in [1.54, 1.807) is 6.26 Å². The monoisotopic (exact) mass is 292 g/mol. The summed E-state index contributed by atoms with van der Waals surface area (Å²) < 4.78 is 11.1. The van der Waals surface area contributed by atoms with Gasteiger partial charge < -0.3 is 11.1 Å². The van der Waals surface area contributed by atoms with Gasteiger partial charge in [0.1, 0.15) is 4.99 Å². The van der Waals surface area contributed by atoms with Crippen molar-refractivity contribution in [1.82, 2.24) is 0 Å². The van der Waals surface area contributed by atoms with Crippen LogP contribution in [0.4, 0.5) is 5.69 Å². The van der Waals surface area contributed by atoms with Crippen LogP contribution in [0.25, 0.3) is 10.8 Å². The molecule has 2 rings (SSSR count). The van der Waals surface area contributed by atoms with Crippen molar-refractivity contribution < 1.29 is 4.21 Å². The molecule has 0 heterocycles. The summed E-state index contributed by atoms with van der Waals surface area (Å²) >= 11 is 5.07. The molecule has 3 N–H and O–H groups in total. The summed E-state index contributed by atoms with van der Waals surface area (Å²) in [5, 5.41) is 5.43. The van der Waals surface area contributed by atoms with E-state index in [1.807, 2.05) is 36.4 Å². The first-order chi connectivity index (χ1) is 9.09. The molecule has 0 aromatic heterocycles. The fraction of sp³-hybridized carbons (Fsp3) is 0.214. The molecule has 5 heteroatoms. The van der Waals surface area contributed by atoms with E-state index in [-0.39, 0.29) is 0 Å². The quantitative estimate of drug-likeness (QED) is 0.830. The molecule has 0 spiro atoms. The summed E-state index contributed by atoms with van der Waals surface area (Å²) in [7, 11) is -0.788. The molecule has 0 aliphatic rings. The number of hydrogen-bond donors (Lipinski definition) is 2. The Kier molecular flexibility index (Phi) is 4.50. The lowest BCUT2D eigenvalue weighted by Crippen LogP contribution is -2.12. The van der Waals surface area contributed by atoms with Gasteiger partial charge in [0, 0.05) is 46.0 Å². The third-order valence-corrected chi connectivity index (χ3v) is 3.89. The molecule has 1 unspecified atom stereocenters. The highest BCUT2D eigenvalue weighted by Gasteiger charge is 2.07. The molecule has 0 saturated carbocycles. The Bertz CT molecular complexity index is 640. The number of anilines is 1. The van der Waals surface area contributed by atoms with Crippen molar-refractivity contribution in [2.45, 2.75) is 0 Å². The first-order valence-corrected chi connectivity index (χ1v) is 8.08. The van der Waals surface area contributed by atoms with Crippen molar-refractivity contribution in [2.24, 2.45) is 5.73 Å². The summed E-state index contributed by atoms with van der Waals surface area (Å²) in [6, 6.07) is 11.9. The Balaban J connectivity index is 2.38. The Morgan fingerprint density at radius 1 is 1.26 bits per heavy atom. The molecule has 19 heavy (non-hydrogen) atoms. The van der Waals surface area contributed by atoms with E-state index >= 15 is 0 Å². The largest absolute Gasteiger partial charge is 0.389 e. The van der Waals surface area contributed by atoms with Gasteiger partial charge in [0.2, 0.25) is 0 Å². The molecule has 0 saturated heterocycles. The van der Waals surface area contributed by atoms with Crippen LogP contribution in [-0.2, 0) is 10.8 Å². The van der Waals surface area contributed by atoms with E-state index in [0.29, 0.717) is 17.3 Å². The third-order valence-electron chi connectivity index (χ3n) is 2.89. The molecule has 0 amide bonds. The summed E-state index contributed by atoms with van der Waals surface area (Å²) in [6.45, 7) is 0.680. The van der Waals surface area contributed by atoms with Gasteiger partial charge in [-0.1, -0.05) is 36.5 Å². The second kappa shape index (κ2) is 6.12. The Morgan fingerprint density at radius 3 is 2.58 bits per heavy atom. The van der Waals surface area contributed by atoms with Crippen LogP contribution in [0.5, 0.6) is 0 Å². The summed E-state index contributed by atoms with van der Waals surface area (Å²) in [4.78, 5) is 0.400. The van der Waals surface area contributed by atoms with Crippen molar-refractivity contribution in [3.05, 3.63) is 42.0 Å². The number of benzene rings is 2. The van der Waals surface area contributed by atoms with Crippen LogP contribution in [0.2, 0.25) is 0 Å². The molecule has 0 radical (unpaired) electrons. The van der Waals surface area contributed by atoms with E-state index in [4.69, 9.17) is 18.0 Å². The number of thiocarbonyl (C=S) groups is 1. The molecule has 100 valence electrons. The lowest BCUT2D eigenvalue weighted by Gasteiger charge is -2.12. The molecule has 0 bridgehead atoms. The van der Waals surface area contributed by atoms with Gasteiger partial charge in [-0.2, -0.15) is 0 Å². The minimum atomic E-state index is -0.788. The van der Waals surface area contributed by atoms with Gasteiger partial charge in [-0.05, 0) is 17.5 Å². The second-order valence-electron chi connectivity index (χ2n) is 4.27. The molecule has 0 aliphatic carbocycles. The van der Waals surface area contributed by atoms with Crippen LogP contribution in [-0.4, -0.2) is 27.8 Å². The van der Waals surface area contributed by atoms with Gasteiger partial charge in [0.05, 0.1) is 0 Å². The fourth-order valence-corrected chi connectivity index (χ4v) is 2.57. The molecule has 0 aliphatic heterocycles. The van der Waals surface area contributed by atoms with E-state index in [0.717, 1.165) is 22.0 Å². The number of rotatable bonds is 5. The maximum atomic E-state index is 11.1. The lowest BCUT2D eigenvalue weighted by molar-refractivity contribution is 0.687. The van der Waals surface area contributed by atoms with Gasteiger partial charge in [-0.25, -0.2) is 0 Å². The van der Waals surface area contributed by atoms with Crippen LogP contribution in [0, 0.1) is 0 Å². The standard InChI is InChI=1S/C14H16N2OS2/c1-19(17)9-8-16-13-7-6-12(14(15)18)10-4-2-3-5-11(10)13/h2-7,16H,8-9H2,1H3,(H2,15,18). The zero-order valence-electron chi connectivity index (χ0n) is 10.7. The Hall–Kier alpha value is -1.46. The van der Waals surface area contributed by atoms with Crippen LogP contribution in [0.15, 0.2) is 36.4 Å². The SMILES string of the molecule is CS(=O)CCNc1ccc(C(N)=S)c2ccccc12. The van der Waals surface area contributed by atoms with Crippen molar-refractivity contribution in [3.8, 4) is 0 Å². The minimum absolute atomic E-state index is 0.400. The van der Waals surface area contributed by atoms with Gasteiger partial charge in [-0.15, -0.1) is 0 Å². The van der Waals surface area contributed by atoms with Crippen molar-refractivity contribution in [3.63, 3.8) is 0 Å². The van der Waals surface area contributed by atoms with Crippen molar-refractivity contribution in [2.75, 3.05) is 23.9 Å². The number of nitrogens with two attached hydrogens (primary N) is 1.